The summed E-state index contributed by atoms with van der Waals surface area (Å²) in [5.41, 5.74) is 0.965. The van der Waals surface area contributed by atoms with Crippen LogP contribution in [0.15, 0.2) is 53.9 Å². The van der Waals surface area contributed by atoms with Gasteiger partial charge in [-0.15, -0.1) is 11.3 Å². The number of halogens is 3. The number of hydrogen-bond acceptors (Lipinski definition) is 4. The molecule has 2 N–H and O–H groups in total. The van der Waals surface area contributed by atoms with E-state index in [9.17, 15) is 18.0 Å². The van der Waals surface area contributed by atoms with E-state index in [4.69, 9.17) is 4.74 Å². The average Bonchev–Trinajstić information content (AvgIpc) is 3.10. The SMILES string of the molecule is COc1cccc(-c2csc(NC(=O)Nc3ccc(C(F)(F)F)cc3)n2)c1. The van der Waals surface area contributed by atoms with Gasteiger partial charge in [-0.3, -0.25) is 5.32 Å². The lowest BCUT2D eigenvalue weighted by molar-refractivity contribution is -0.137. The topological polar surface area (TPSA) is 63.2 Å². The highest BCUT2D eigenvalue weighted by molar-refractivity contribution is 7.14. The van der Waals surface area contributed by atoms with E-state index < -0.39 is 17.8 Å². The summed E-state index contributed by atoms with van der Waals surface area (Å²) in [7, 11) is 1.57. The van der Waals surface area contributed by atoms with Crippen LogP contribution in [0.4, 0.5) is 28.8 Å². The highest BCUT2D eigenvalue weighted by atomic mass is 32.1. The lowest BCUT2D eigenvalue weighted by Crippen LogP contribution is -2.19. The summed E-state index contributed by atoms with van der Waals surface area (Å²) in [4.78, 5) is 16.3. The summed E-state index contributed by atoms with van der Waals surface area (Å²) in [6.45, 7) is 0. The van der Waals surface area contributed by atoms with Crippen molar-refractivity contribution in [2.24, 2.45) is 0 Å². The average molecular weight is 393 g/mol. The van der Waals surface area contributed by atoms with Gasteiger partial charge in [-0.25, -0.2) is 9.78 Å². The van der Waals surface area contributed by atoms with Gasteiger partial charge in [-0.2, -0.15) is 13.2 Å². The summed E-state index contributed by atoms with van der Waals surface area (Å²) < 4.78 is 42.8. The molecule has 2 amide bonds. The predicted molar refractivity (Wildman–Crippen MR) is 98.2 cm³/mol. The van der Waals surface area contributed by atoms with Crippen molar-refractivity contribution in [3.63, 3.8) is 0 Å². The van der Waals surface area contributed by atoms with Gasteiger partial charge in [0, 0.05) is 16.6 Å². The van der Waals surface area contributed by atoms with Crippen molar-refractivity contribution in [2.75, 3.05) is 17.7 Å². The second-order valence-corrected chi connectivity index (χ2v) is 6.28. The molecule has 0 atom stereocenters. The van der Waals surface area contributed by atoms with Crippen molar-refractivity contribution in [1.29, 1.82) is 0 Å². The van der Waals surface area contributed by atoms with Gasteiger partial charge < -0.3 is 10.1 Å². The Morgan fingerprint density at radius 3 is 2.52 bits per heavy atom. The molecule has 0 saturated carbocycles. The molecule has 140 valence electrons. The summed E-state index contributed by atoms with van der Waals surface area (Å²) >= 11 is 1.23. The van der Waals surface area contributed by atoms with Crippen LogP contribution in [0, 0.1) is 0 Å². The number of nitrogens with one attached hydrogen (secondary N) is 2. The van der Waals surface area contributed by atoms with Crippen molar-refractivity contribution in [1.82, 2.24) is 4.98 Å². The van der Waals surface area contributed by atoms with Crippen LogP contribution < -0.4 is 15.4 Å². The molecule has 0 fully saturated rings. The Balaban J connectivity index is 1.64. The molecule has 3 rings (SSSR count). The van der Waals surface area contributed by atoms with Gasteiger partial charge in [0.25, 0.3) is 0 Å². The quantitative estimate of drug-likeness (QED) is 0.617. The second-order valence-electron chi connectivity index (χ2n) is 5.42. The highest BCUT2D eigenvalue weighted by Crippen LogP contribution is 2.30. The zero-order valence-electron chi connectivity index (χ0n) is 14.0. The lowest BCUT2D eigenvalue weighted by Gasteiger charge is -2.08. The van der Waals surface area contributed by atoms with Crippen LogP contribution in [0.1, 0.15) is 5.56 Å². The Labute approximate surface area is 156 Å². The second kappa shape index (κ2) is 7.67. The number of urea groups is 1. The molecule has 0 aliphatic rings. The van der Waals surface area contributed by atoms with Crippen LogP contribution in [-0.2, 0) is 6.18 Å². The van der Waals surface area contributed by atoms with Crippen molar-refractivity contribution in [3.05, 3.63) is 59.5 Å². The summed E-state index contributed by atoms with van der Waals surface area (Å²) in [5.74, 6) is 0.690. The molecule has 0 saturated heterocycles. The fraction of sp³-hybridized carbons (Fsp3) is 0.111. The monoisotopic (exact) mass is 393 g/mol. The molecule has 3 aromatic rings. The van der Waals surface area contributed by atoms with Crippen LogP contribution in [0.25, 0.3) is 11.3 Å². The first kappa shape index (κ1) is 18.7. The van der Waals surface area contributed by atoms with Gasteiger partial charge in [0.1, 0.15) is 5.75 Å². The van der Waals surface area contributed by atoms with E-state index in [0.717, 1.165) is 17.7 Å². The van der Waals surface area contributed by atoms with E-state index >= 15 is 0 Å². The number of carbonyl (C=O) groups excluding carboxylic acids is 1. The number of alkyl halides is 3. The third-order valence-corrected chi connectivity index (χ3v) is 4.32. The molecule has 1 heterocycles. The van der Waals surface area contributed by atoms with Crippen molar-refractivity contribution < 1.29 is 22.7 Å². The summed E-state index contributed by atoms with van der Waals surface area (Å²) in [6, 6.07) is 10.9. The number of hydrogen-bond donors (Lipinski definition) is 2. The fourth-order valence-electron chi connectivity index (χ4n) is 2.25. The number of aromatic nitrogens is 1. The van der Waals surface area contributed by atoms with Gasteiger partial charge in [-0.1, -0.05) is 12.1 Å². The number of carbonyl (C=O) groups is 1. The molecule has 0 aliphatic carbocycles. The Morgan fingerprint density at radius 2 is 1.85 bits per heavy atom. The van der Waals surface area contributed by atoms with Crippen molar-refractivity contribution in [2.45, 2.75) is 6.18 Å². The van der Waals surface area contributed by atoms with Crippen LogP contribution in [0.2, 0.25) is 0 Å². The number of benzene rings is 2. The number of thiazole rings is 1. The number of rotatable bonds is 4. The van der Waals surface area contributed by atoms with Gasteiger partial charge in [0.05, 0.1) is 18.4 Å². The molecule has 0 spiro atoms. The van der Waals surface area contributed by atoms with Gasteiger partial charge in [0.15, 0.2) is 5.13 Å². The first-order valence-corrected chi connectivity index (χ1v) is 8.58. The first-order chi connectivity index (χ1) is 12.8. The van der Waals surface area contributed by atoms with Gasteiger partial charge in [0.2, 0.25) is 0 Å². The molecule has 0 unspecified atom stereocenters. The number of amides is 2. The Kier molecular flexibility index (Phi) is 5.31. The zero-order valence-corrected chi connectivity index (χ0v) is 14.8. The third-order valence-electron chi connectivity index (χ3n) is 3.56. The van der Waals surface area contributed by atoms with Crippen LogP contribution in [0.3, 0.4) is 0 Å². The van der Waals surface area contributed by atoms with Crippen LogP contribution in [-0.4, -0.2) is 18.1 Å². The third kappa shape index (κ3) is 4.76. The molecule has 5 nitrogen and oxygen atoms in total. The molecule has 0 radical (unpaired) electrons. The normalized spacial score (nSPS) is 11.1. The lowest BCUT2D eigenvalue weighted by atomic mass is 10.2. The molecular formula is C18H14F3N3O2S. The summed E-state index contributed by atoms with van der Waals surface area (Å²) in [6.07, 6.45) is -4.42. The zero-order chi connectivity index (χ0) is 19.4. The minimum absolute atomic E-state index is 0.241. The first-order valence-electron chi connectivity index (χ1n) is 7.70. The maximum absolute atomic E-state index is 12.5. The summed E-state index contributed by atoms with van der Waals surface area (Å²) in [5, 5.41) is 7.16. The fourth-order valence-corrected chi connectivity index (χ4v) is 2.96. The maximum atomic E-state index is 12.5. The molecule has 2 aromatic carbocycles. The molecule has 9 heteroatoms. The van der Waals surface area contributed by atoms with E-state index in [0.29, 0.717) is 16.6 Å². The van der Waals surface area contributed by atoms with E-state index in [2.05, 4.69) is 15.6 Å². The van der Waals surface area contributed by atoms with Crippen LogP contribution >= 0.6 is 11.3 Å². The molecule has 1 aromatic heterocycles. The molecular weight excluding hydrogens is 379 g/mol. The predicted octanol–water partition coefficient (Wildman–Crippen LogP) is 5.48. The smallest absolute Gasteiger partial charge is 0.416 e. The van der Waals surface area contributed by atoms with Gasteiger partial charge >= 0.3 is 12.2 Å². The van der Waals surface area contributed by atoms with E-state index in [-0.39, 0.29) is 5.69 Å². The van der Waals surface area contributed by atoms with Crippen LogP contribution in [0.5, 0.6) is 5.75 Å². The molecule has 27 heavy (non-hydrogen) atoms. The van der Waals surface area contributed by atoms with Crippen molar-refractivity contribution in [3.8, 4) is 17.0 Å². The number of methoxy groups -OCH3 is 1. The number of ether oxygens (including phenoxy) is 1. The standard InChI is InChI=1S/C18H14F3N3O2S/c1-26-14-4-2-3-11(9-14)15-10-27-17(23-15)24-16(25)22-13-7-5-12(6-8-13)18(19,20)21/h2-10H,1H3,(H2,22,23,24,25). The van der Waals surface area contributed by atoms with Crippen molar-refractivity contribution >= 4 is 28.2 Å². The Hall–Kier alpha value is -3.07. The highest BCUT2D eigenvalue weighted by Gasteiger charge is 2.29. The Morgan fingerprint density at radius 1 is 1.11 bits per heavy atom. The van der Waals surface area contributed by atoms with E-state index in [1.54, 1.807) is 12.5 Å². The molecule has 0 bridgehead atoms. The van der Waals surface area contributed by atoms with Gasteiger partial charge in [-0.05, 0) is 36.4 Å². The number of anilines is 2. The minimum Gasteiger partial charge on any atom is -0.497 e. The Bertz CT molecular complexity index is 940. The van der Waals surface area contributed by atoms with E-state index in [1.807, 2.05) is 24.3 Å². The maximum Gasteiger partial charge on any atom is 0.416 e. The molecule has 0 aliphatic heterocycles. The van der Waals surface area contributed by atoms with E-state index in [1.165, 1.54) is 23.5 Å². The minimum atomic E-state index is -4.42. The number of nitrogens with zero attached hydrogens (tertiary/aromatic N) is 1. The largest absolute Gasteiger partial charge is 0.497 e.